The Balaban J connectivity index is 1.05. The van der Waals surface area contributed by atoms with Gasteiger partial charge in [-0.2, -0.15) is 0 Å². The molecule has 2 N–H and O–H groups in total. The Labute approximate surface area is 243 Å². The van der Waals surface area contributed by atoms with Gasteiger partial charge in [0, 0.05) is 37.3 Å². The van der Waals surface area contributed by atoms with Crippen LogP contribution in [-0.4, -0.2) is 59.3 Å². The summed E-state index contributed by atoms with van der Waals surface area (Å²) < 4.78 is 5.92. The number of nitrogens with one attached hydrogen (secondary N) is 1. The lowest BCUT2D eigenvalue weighted by Gasteiger charge is -2.39. The number of β-amino-alcohol motifs (C(OH)–C–C–N with tert-alkyl or cyclic N) is 1. The number of hydrogen-bond donors (Lipinski definition) is 2. The lowest BCUT2D eigenvalue weighted by molar-refractivity contribution is -0.131. The van der Waals surface area contributed by atoms with Crippen molar-refractivity contribution in [2.75, 3.05) is 26.2 Å². The van der Waals surface area contributed by atoms with E-state index in [9.17, 15) is 9.90 Å². The maximum Gasteiger partial charge on any atom is 0.225 e. The average molecular weight is 552 g/mol. The summed E-state index contributed by atoms with van der Waals surface area (Å²) in [7, 11) is 0. The number of aliphatic hydroxyl groups is 1. The molecule has 1 aliphatic heterocycles. The number of likely N-dealkylation sites (tertiary alicyclic amines) is 1. The highest BCUT2D eigenvalue weighted by Crippen LogP contribution is 2.24. The fraction of sp³-hybridized carbons (Fsp3) is 0.371. The van der Waals surface area contributed by atoms with Crippen molar-refractivity contribution in [2.45, 2.75) is 50.7 Å². The van der Waals surface area contributed by atoms with Crippen LogP contribution in [0.1, 0.15) is 36.8 Å². The highest BCUT2D eigenvalue weighted by Gasteiger charge is 2.34. The minimum atomic E-state index is -0.630. The van der Waals surface area contributed by atoms with Crippen molar-refractivity contribution in [3.63, 3.8) is 0 Å². The van der Waals surface area contributed by atoms with Crippen molar-refractivity contribution in [2.24, 2.45) is 5.92 Å². The molecule has 4 aromatic rings. The van der Waals surface area contributed by atoms with Crippen LogP contribution in [0.15, 0.2) is 97.2 Å². The molecular weight excluding hydrogens is 510 g/mol. The molecule has 0 spiro atoms. The first-order chi connectivity index (χ1) is 20.1. The highest BCUT2D eigenvalue weighted by atomic mass is 16.5. The average Bonchev–Trinajstić information content (AvgIpc) is 2.98. The first-order valence-electron chi connectivity index (χ1n) is 14.9. The summed E-state index contributed by atoms with van der Waals surface area (Å²) in [6.07, 6.45) is 7.24. The van der Waals surface area contributed by atoms with Gasteiger partial charge in [0.1, 0.15) is 18.5 Å². The third kappa shape index (κ3) is 8.62. The number of pyridine rings is 1. The van der Waals surface area contributed by atoms with Crippen LogP contribution in [0.3, 0.4) is 0 Å². The second kappa shape index (κ2) is 14.8. The second-order valence-corrected chi connectivity index (χ2v) is 11.2. The fourth-order valence-corrected chi connectivity index (χ4v) is 5.62. The maximum atomic E-state index is 13.1. The normalized spacial score (nSPS) is 14.6. The molecule has 1 aliphatic rings. The minimum absolute atomic E-state index is 0.0296. The molecule has 1 saturated heterocycles. The van der Waals surface area contributed by atoms with E-state index >= 15 is 0 Å². The summed E-state index contributed by atoms with van der Waals surface area (Å²) in [4.78, 5) is 19.6. The van der Waals surface area contributed by atoms with E-state index in [1.807, 2.05) is 42.5 Å². The lowest BCUT2D eigenvalue weighted by Crippen LogP contribution is -2.57. The summed E-state index contributed by atoms with van der Waals surface area (Å²) in [6, 6.07) is 30.9. The zero-order valence-corrected chi connectivity index (χ0v) is 23.7. The van der Waals surface area contributed by atoms with Crippen molar-refractivity contribution in [1.82, 2.24) is 15.2 Å². The van der Waals surface area contributed by atoms with E-state index < -0.39 is 6.10 Å². The smallest absolute Gasteiger partial charge is 0.225 e. The summed E-state index contributed by atoms with van der Waals surface area (Å²) in [5.41, 5.74) is 3.56. The van der Waals surface area contributed by atoms with Crippen LogP contribution in [0.25, 0.3) is 10.9 Å². The Morgan fingerprint density at radius 1 is 0.878 bits per heavy atom. The van der Waals surface area contributed by atoms with Gasteiger partial charge in [0.25, 0.3) is 0 Å². The van der Waals surface area contributed by atoms with Crippen LogP contribution < -0.4 is 10.1 Å². The van der Waals surface area contributed by atoms with Gasteiger partial charge < -0.3 is 15.2 Å². The summed E-state index contributed by atoms with van der Waals surface area (Å²) >= 11 is 0. The monoisotopic (exact) mass is 551 g/mol. The molecule has 41 heavy (non-hydrogen) atoms. The number of amides is 1. The van der Waals surface area contributed by atoms with Gasteiger partial charge in [-0.05, 0) is 73.9 Å². The van der Waals surface area contributed by atoms with E-state index in [4.69, 9.17) is 4.74 Å². The van der Waals surface area contributed by atoms with Crippen LogP contribution >= 0.6 is 0 Å². The molecule has 0 unspecified atom stereocenters. The maximum absolute atomic E-state index is 13.1. The number of aliphatic hydroxyl groups excluding tert-OH is 1. The second-order valence-electron chi connectivity index (χ2n) is 11.2. The van der Waals surface area contributed by atoms with Crippen LogP contribution in [0.2, 0.25) is 0 Å². The number of benzene rings is 3. The number of aromatic nitrogens is 1. The van der Waals surface area contributed by atoms with Crippen LogP contribution in [0.5, 0.6) is 5.75 Å². The third-order valence-corrected chi connectivity index (χ3v) is 7.90. The Kier molecular flexibility index (Phi) is 10.4. The van der Waals surface area contributed by atoms with Gasteiger partial charge in [0.15, 0.2) is 0 Å². The molecule has 0 radical (unpaired) electrons. The van der Waals surface area contributed by atoms with Gasteiger partial charge in [0.2, 0.25) is 5.91 Å². The summed E-state index contributed by atoms with van der Waals surface area (Å²) in [6.45, 7) is 2.03. The Morgan fingerprint density at radius 3 is 2.20 bits per heavy atom. The van der Waals surface area contributed by atoms with E-state index in [1.165, 1.54) is 11.1 Å². The standard InChI is InChI=1S/C35H41N3O3/c39-31(26-41-34-21-9-20-33-32(34)19-10-22-36-33)25-38-23-29(24-38)35(40)37-30(17-7-15-27-11-3-1-4-12-27)18-8-16-28-13-5-2-6-14-28/h1-6,9-14,19-22,29-31,39H,7-8,15-18,23-26H2,(H,37,40)/t31-/m0/s1. The number of carbonyl (C=O) groups is 1. The van der Waals surface area contributed by atoms with E-state index in [0.717, 1.165) is 55.2 Å². The molecule has 214 valence electrons. The van der Waals surface area contributed by atoms with Gasteiger partial charge in [-0.25, -0.2) is 0 Å². The number of carbonyl (C=O) groups excluding carboxylic acids is 1. The molecule has 5 rings (SSSR count). The van der Waals surface area contributed by atoms with Gasteiger partial charge >= 0.3 is 0 Å². The zero-order chi connectivity index (χ0) is 28.3. The lowest BCUT2D eigenvalue weighted by atomic mass is 9.95. The molecule has 0 aliphatic carbocycles. The summed E-state index contributed by atoms with van der Waals surface area (Å²) in [5.74, 6) is 0.832. The summed E-state index contributed by atoms with van der Waals surface area (Å²) in [5, 5.41) is 14.9. The van der Waals surface area contributed by atoms with Gasteiger partial charge in [-0.1, -0.05) is 66.7 Å². The van der Waals surface area contributed by atoms with Crippen molar-refractivity contribution in [1.29, 1.82) is 0 Å². The van der Waals surface area contributed by atoms with Crippen molar-refractivity contribution in [3.8, 4) is 5.75 Å². The van der Waals surface area contributed by atoms with E-state index in [1.54, 1.807) is 6.20 Å². The molecule has 1 atom stereocenters. The molecule has 1 amide bonds. The zero-order valence-electron chi connectivity index (χ0n) is 23.7. The van der Waals surface area contributed by atoms with E-state index in [0.29, 0.717) is 19.6 Å². The quantitative estimate of drug-likeness (QED) is 0.206. The predicted molar refractivity (Wildman–Crippen MR) is 164 cm³/mol. The van der Waals surface area contributed by atoms with Crippen LogP contribution in [0, 0.1) is 5.92 Å². The molecule has 1 aromatic heterocycles. The van der Waals surface area contributed by atoms with E-state index in [-0.39, 0.29) is 24.5 Å². The molecule has 3 aromatic carbocycles. The number of fused-ring (bicyclic) bond motifs is 1. The van der Waals surface area contributed by atoms with Crippen molar-refractivity contribution in [3.05, 3.63) is 108 Å². The minimum Gasteiger partial charge on any atom is -0.490 e. The van der Waals surface area contributed by atoms with Crippen LogP contribution in [-0.2, 0) is 17.6 Å². The fourth-order valence-electron chi connectivity index (χ4n) is 5.62. The molecule has 6 nitrogen and oxygen atoms in total. The van der Waals surface area contributed by atoms with Crippen molar-refractivity contribution >= 4 is 16.8 Å². The van der Waals surface area contributed by atoms with Crippen molar-refractivity contribution < 1.29 is 14.6 Å². The molecule has 6 heteroatoms. The number of rotatable bonds is 15. The topological polar surface area (TPSA) is 74.7 Å². The predicted octanol–water partition coefficient (Wildman–Crippen LogP) is 5.44. The van der Waals surface area contributed by atoms with E-state index in [2.05, 4.69) is 63.7 Å². The number of nitrogens with zero attached hydrogens (tertiary/aromatic N) is 2. The van der Waals surface area contributed by atoms with Gasteiger partial charge in [0.05, 0.1) is 11.4 Å². The number of hydrogen-bond acceptors (Lipinski definition) is 5. The number of ether oxygens (including phenoxy) is 1. The Hall–Kier alpha value is -3.74. The van der Waals surface area contributed by atoms with Crippen LogP contribution in [0.4, 0.5) is 0 Å². The first kappa shape index (κ1) is 28.8. The Bertz CT molecular complexity index is 1310. The SMILES string of the molecule is O=C(NC(CCCc1ccccc1)CCCc1ccccc1)C1CN(C[C@H](O)COc2cccc3ncccc23)C1. The molecule has 0 bridgehead atoms. The van der Waals surface area contributed by atoms with Gasteiger partial charge in [-0.15, -0.1) is 0 Å². The molecule has 1 fully saturated rings. The van der Waals surface area contributed by atoms with Gasteiger partial charge in [-0.3, -0.25) is 14.7 Å². The molecule has 0 saturated carbocycles. The largest absolute Gasteiger partial charge is 0.490 e. The number of aryl methyl sites for hydroxylation is 2. The third-order valence-electron chi connectivity index (χ3n) is 7.90. The molecular formula is C35H41N3O3. The highest BCUT2D eigenvalue weighted by molar-refractivity contribution is 5.84. The molecule has 2 heterocycles. The Morgan fingerprint density at radius 2 is 1.54 bits per heavy atom. The first-order valence-corrected chi connectivity index (χ1v) is 14.9.